The van der Waals surface area contributed by atoms with E-state index in [9.17, 15) is 4.79 Å². The molecule has 1 amide bonds. The molecule has 0 unspecified atom stereocenters. The third-order valence-electron chi connectivity index (χ3n) is 3.89. The van der Waals surface area contributed by atoms with E-state index in [1.165, 1.54) is 5.56 Å². The van der Waals surface area contributed by atoms with Gasteiger partial charge in [-0.3, -0.25) is 4.79 Å². The zero-order valence-corrected chi connectivity index (χ0v) is 12.4. The summed E-state index contributed by atoms with van der Waals surface area (Å²) in [5.41, 5.74) is 2.00. The molecule has 110 valence electrons. The van der Waals surface area contributed by atoms with E-state index in [-0.39, 0.29) is 5.91 Å². The average Bonchev–Trinajstić information content (AvgIpc) is 3.30. The second-order valence-corrected chi connectivity index (χ2v) is 5.71. The monoisotopic (exact) mass is 283 g/mol. The van der Waals surface area contributed by atoms with Crippen LogP contribution < -0.4 is 5.32 Å². The summed E-state index contributed by atoms with van der Waals surface area (Å²) in [6, 6.07) is 12.7. The summed E-state index contributed by atoms with van der Waals surface area (Å²) >= 11 is 0. The zero-order chi connectivity index (χ0) is 14.7. The van der Waals surface area contributed by atoms with Crippen LogP contribution >= 0.6 is 0 Å². The number of amides is 1. The maximum Gasteiger partial charge on any atom is 0.252 e. The van der Waals surface area contributed by atoms with Crippen LogP contribution in [0.25, 0.3) is 10.8 Å². The lowest BCUT2D eigenvalue weighted by Gasteiger charge is -2.10. The predicted molar refractivity (Wildman–Crippen MR) is 84.6 cm³/mol. The van der Waals surface area contributed by atoms with E-state index in [4.69, 9.17) is 4.74 Å². The van der Waals surface area contributed by atoms with E-state index in [1.54, 1.807) is 7.11 Å². The summed E-state index contributed by atoms with van der Waals surface area (Å²) in [5.74, 6) is 0.0577. The summed E-state index contributed by atoms with van der Waals surface area (Å²) in [6.45, 7) is 0.746. The van der Waals surface area contributed by atoms with Crippen LogP contribution in [-0.4, -0.2) is 25.7 Å². The van der Waals surface area contributed by atoms with E-state index in [2.05, 4.69) is 17.4 Å². The normalized spacial score (nSPS) is 14.3. The van der Waals surface area contributed by atoms with Crippen molar-refractivity contribution in [2.24, 2.45) is 0 Å². The van der Waals surface area contributed by atoms with Gasteiger partial charge in [-0.1, -0.05) is 30.3 Å². The third kappa shape index (κ3) is 3.42. The van der Waals surface area contributed by atoms with Gasteiger partial charge in [0.1, 0.15) is 0 Å². The molecule has 0 atom stereocenters. The number of aryl methyl sites for hydroxylation is 1. The number of benzene rings is 2. The number of ether oxygens (including phenoxy) is 1. The molecule has 2 aromatic rings. The second kappa shape index (κ2) is 6.27. The van der Waals surface area contributed by atoms with Gasteiger partial charge in [-0.25, -0.2) is 0 Å². The minimum atomic E-state index is 0.0577. The van der Waals surface area contributed by atoms with Crippen LogP contribution in [0.2, 0.25) is 0 Å². The molecule has 0 spiro atoms. The Morgan fingerprint density at radius 1 is 1.29 bits per heavy atom. The molecule has 3 heteroatoms. The lowest BCUT2D eigenvalue weighted by molar-refractivity contribution is 0.0952. The molecule has 3 nitrogen and oxygen atoms in total. The summed E-state index contributed by atoms with van der Waals surface area (Å²) < 4.78 is 5.11. The van der Waals surface area contributed by atoms with Crippen LogP contribution in [-0.2, 0) is 11.2 Å². The third-order valence-corrected chi connectivity index (χ3v) is 3.89. The van der Waals surface area contributed by atoms with Crippen molar-refractivity contribution < 1.29 is 9.53 Å². The van der Waals surface area contributed by atoms with Crippen molar-refractivity contribution in [3.8, 4) is 0 Å². The number of nitrogens with one attached hydrogen (secondary N) is 1. The summed E-state index contributed by atoms with van der Waals surface area (Å²) in [5, 5.41) is 5.26. The van der Waals surface area contributed by atoms with Crippen LogP contribution in [0.15, 0.2) is 36.4 Å². The van der Waals surface area contributed by atoms with Crippen molar-refractivity contribution in [3.63, 3.8) is 0 Å². The largest absolute Gasteiger partial charge is 0.385 e. The molecule has 1 aliphatic rings. The standard InChI is InChI=1S/C18H21NO2/c1-21-10-4-5-13-11-14-6-2-3-7-16(14)17(12-13)18(20)19-15-8-9-15/h2-3,6-7,11-12,15H,4-5,8-10H2,1H3,(H,19,20). The van der Waals surface area contributed by atoms with Gasteiger partial charge in [-0.15, -0.1) is 0 Å². The van der Waals surface area contributed by atoms with Crippen LogP contribution in [0, 0.1) is 0 Å². The van der Waals surface area contributed by atoms with Gasteiger partial charge in [0, 0.05) is 25.3 Å². The van der Waals surface area contributed by atoms with Crippen LogP contribution in [0.1, 0.15) is 35.2 Å². The fourth-order valence-corrected chi connectivity index (χ4v) is 2.62. The van der Waals surface area contributed by atoms with E-state index in [0.29, 0.717) is 6.04 Å². The minimum absolute atomic E-state index is 0.0577. The first-order valence-corrected chi connectivity index (χ1v) is 7.59. The van der Waals surface area contributed by atoms with Gasteiger partial charge in [0.2, 0.25) is 0 Å². The molecular weight excluding hydrogens is 262 g/mol. The Kier molecular flexibility index (Phi) is 4.20. The zero-order valence-electron chi connectivity index (χ0n) is 12.4. The van der Waals surface area contributed by atoms with Crippen molar-refractivity contribution in [3.05, 3.63) is 47.5 Å². The van der Waals surface area contributed by atoms with Crippen molar-refractivity contribution in [2.45, 2.75) is 31.7 Å². The highest BCUT2D eigenvalue weighted by atomic mass is 16.5. The van der Waals surface area contributed by atoms with Gasteiger partial charge in [0.05, 0.1) is 0 Å². The molecule has 1 fully saturated rings. The van der Waals surface area contributed by atoms with Gasteiger partial charge in [0.25, 0.3) is 5.91 Å². The van der Waals surface area contributed by atoms with Gasteiger partial charge < -0.3 is 10.1 Å². The van der Waals surface area contributed by atoms with E-state index in [0.717, 1.165) is 48.6 Å². The molecule has 3 rings (SSSR count). The Balaban J connectivity index is 1.92. The molecule has 0 saturated heterocycles. The predicted octanol–water partition coefficient (Wildman–Crippen LogP) is 3.31. The number of carbonyl (C=O) groups excluding carboxylic acids is 1. The number of fused-ring (bicyclic) bond motifs is 1. The number of methoxy groups -OCH3 is 1. The van der Waals surface area contributed by atoms with Crippen LogP contribution in [0.3, 0.4) is 0 Å². The highest BCUT2D eigenvalue weighted by molar-refractivity contribution is 6.07. The molecule has 0 aromatic heterocycles. The molecule has 0 radical (unpaired) electrons. The SMILES string of the molecule is COCCCc1cc(C(=O)NC2CC2)c2ccccc2c1. The van der Waals surface area contributed by atoms with Crippen molar-refractivity contribution in [2.75, 3.05) is 13.7 Å². The van der Waals surface area contributed by atoms with Gasteiger partial charge in [-0.05, 0) is 48.1 Å². The van der Waals surface area contributed by atoms with Gasteiger partial charge >= 0.3 is 0 Å². The molecule has 1 saturated carbocycles. The quantitative estimate of drug-likeness (QED) is 0.826. The van der Waals surface area contributed by atoms with Gasteiger partial charge in [-0.2, -0.15) is 0 Å². The first kappa shape index (κ1) is 14.1. The lowest BCUT2D eigenvalue weighted by Crippen LogP contribution is -2.25. The Labute approximate surface area is 125 Å². The molecule has 1 N–H and O–H groups in total. The molecule has 0 heterocycles. The van der Waals surface area contributed by atoms with Crippen molar-refractivity contribution >= 4 is 16.7 Å². The molecule has 21 heavy (non-hydrogen) atoms. The fraction of sp³-hybridized carbons (Fsp3) is 0.389. The highest BCUT2D eigenvalue weighted by Gasteiger charge is 2.24. The second-order valence-electron chi connectivity index (χ2n) is 5.71. The lowest BCUT2D eigenvalue weighted by atomic mass is 9.98. The molecule has 1 aliphatic carbocycles. The van der Waals surface area contributed by atoms with Crippen LogP contribution in [0.5, 0.6) is 0 Å². The Morgan fingerprint density at radius 3 is 2.86 bits per heavy atom. The molecule has 2 aromatic carbocycles. The molecule has 0 aliphatic heterocycles. The first-order valence-electron chi connectivity index (χ1n) is 7.59. The number of carbonyl (C=O) groups is 1. The van der Waals surface area contributed by atoms with E-state index in [1.807, 2.05) is 24.3 Å². The summed E-state index contributed by atoms with van der Waals surface area (Å²) in [6.07, 6.45) is 4.12. The minimum Gasteiger partial charge on any atom is -0.385 e. The van der Waals surface area contributed by atoms with Gasteiger partial charge in [0.15, 0.2) is 0 Å². The average molecular weight is 283 g/mol. The Morgan fingerprint density at radius 2 is 2.10 bits per heavy atom. The van der Waals surface area contributed by atoms with Crippen molar-refractivity contribution in [1.29, 1.82) is 0 Å². The summed E-state index contributed by atoms with van der Waals surface area (Å²) in [4.78, 5) is 12.5. The van der Waals surface area contributed by atoms with Crippen LogP contribution in [0.4, 0.5) is 0 Å². The Bertz CT molecular complexity index is 647. The summed E-state index contributed by atoms with van der Waals surface area (Å²) in [7, 11) is 1.72. The maximum atomic E-state index is 12.5. The smallest absolute Gasteiger partial charge is 0.252 e. The maximum absolute atomic E-state index is 12.5. The highest BCUT2D eigenvalue weighted by Crippen LogP contribution is 2.24. The van der Waals surface area contributed by atoms with E-state index >= 15 is 0 Å². The topological polar surface area (TPSA) is 38.3 Å². The fourth-order valence-electron chi connectivity index (χ4n) is 2.62. The molecular formula is C18H21NO2. The molecule has 0 bridgehead atoms. The number of hydrogen-bond donors (Lipinski definition) is 1. The van der Waals surface area contributed by atoms with E-state index < -0.39 is 0 Å². The first-order chi connectivity index (χ1) is 10.3. The van der Waals surface area contributed by atoms with Crippen molar-refractivity contribution in [1.82, 2.24) is 5.32 Å². The number of hydrogen-bond acceptors (Lipinski definition) is 2. The number of rotatable bonds is 6. The Hall–Kier alpha value is -1.87.